The number of carbonyl (C=O) groups is 1. The quantitative estimate of drug-likeness (QED) is 0.402. The van der Waals surface area contributed by atoms with Crippen LogP contribution in [-0.2, 0) is 11.3 Å². The molecule has 3 rings (SSSR count). The van der Waals surface area contributed by atoms with E-state index in [1.165, 1.54) is 16.2 Å². The molecule has 6 nitrogen and oxygen atoms in total. The van der Waals surface area contributed by atoms with Crippen LogP contribution in [0.5, 0.6) is 0 Å². The monoisotopic (exact) mass is 409 g/mol. The van der Waals surface area contributed by atoms with Crippen molar-refractivity contribution in [2.24, 2.45) is 5.10 Å². The molecule has 1 fully saturated rings. The average molecular weight is 410 g/mol. The molecule has 2 aromatic carbocycles. The van der Waals surface area contributed by atoms with Crippen LogP contribution in [0.15, 0.2) is 59.7 Å². The summed E-state index contributed by atoms with van der Waals surface area (Å²) in [5.41, 5.74) is 6.25. The van der Waals surface area contributed by atoms with E-state index in [2.05, 4.69) is 71.7 Å². The molecule has 2 aromatic rings. The largest absolute Gasteiger partial charge is 0.372 e. The normalized spacial score (nSPS) is 19.0. The van der Waals surface area contributed by atoms with Gasteiger partial charge in [0.15, 0.2) is 6.54 Å². The fourth-order valence-corrected chi connectivity index (χ4v) is 4.00. The van der Waals surface area contributed by atoms with E-state index in [0.717, 1.165) is 51.4 Å². The number of nitrogens with zero attached hydrogens (tertiary/aromatic N) is 2. The zero-order chi connectivity index (χ0) is 21.2. The topological polar surface area (TPSA) is 53.6 Å². The number of quaternary nitrogens is 2. The standard InChI is InChI=1S/C24H33N5O/c1-3-29(4-2)23-12-10-21(11-13-23)18-25-26-24(30)20-28-16-14-27(15-17-28)19-22-8-6-5-7-9-22/h5-13,18H,3-4,14-17,19-20H2,1-2H3,(H,26,30)/p+2/b25-18-. The van der Waals surface area contributed by atoms with Crippen LogP contribution in [0.1, 0.15) is 25.0 Å². The minimum atomic E-state index is -0.0208. The maximum atomic E-state index is 12.2. The molecule has 0 atom stereocenters. The lowest BCUT2D eigenvalue weighted by molar-refractivity contribution is -1.02. The maximum absolute atomic E-state index is 12.2. The fourth-order valence-electron chi connectivity index (χ4n) is 4.00. The minimum absolute atomic E-state index is 0.0208. The number of amides is 1. The van der Waals surface area contributed by atoms with Gasteiger partial charge in [-0.3, -0.25) is 4.79 Å². The number of piperazine rings is 1. The Morgan fingerprint density at radius 3 is 2.23 bits per heavy atom. The number of anilines is 1. The van der Waals surface area contributed by atoms with Crippen molar-refractivity contribution in [2.75, 3.05) is 50.7 Å². The van der Waals surface area contributed by atoms with Crippen LogP contribution in [0.3, 0.4) is 0 Å². The molecular formula is C24H35N5O+2. The highest BCUT2D eigenvalue weighted by molar-refractivity contribution is 5.83. The summed E-state index contributed by atoms with van der Waals surface area (Å²) >= 11 is 0. The third-order valence-electron chi connectivity index (χ3n) is 5.80. The molecule has 0 spiro atoms. The second-order valence-electron chi connectivity index (χ2n) is 7.90. The summed E-state index contributed by atoms with van der Waals surface area (Å²) in [6.45, 7) is 12.1. The summed E-state index contributed by atoms with van der Waals surface area (Å²) in [5, 5.41) is 4.14. The van der Waals surface area contributed by atoms with Crippen molar-refractivity contribution in [3.63, 3.8) is 0 Å². The van der Waals surface area contributed by atoms with Gasteiger partial charge in [0.2, 0.25) is 0 Å². The molecule has 1 aliphatic heterocycles. The van der Waals surface area contributed by atoms with Crippen LogP contribution in [0.2, 0.25) is 0 Å². The second kappa shape index (κ2) is 11.5. The van der Waals surface area contributed by atoms with E-state index in [9.17, 15) is 4.79 Å². The average Bonchev–Trinajstić information content (AvgIpc) is 2.78. The van der Waals surface area contributed by atoms with Gasteiger partial charge < -0.3 is 14.7 Å². The third-order valence-corrected chi connectivity index (χ3v) is 5.80. The summed E-state index contributed by atoms with van der Waals surface area (Å²) in [5.74, 6) is -0.0208. The molecule has 1 amide bonds. The predicted molar refractivity (Wildman–Crippen MR) is 122 cm³/mol. The maximum Gasteiger partial charge on any atom is 0.295 e. The van der Waals surface area contributed by atoms with Gasteiger partial charge in [-0.1, -0.05) is 42.5 Å². The van der Waals surface area contributed by atoms with Crippen LogP contribution >= 0.6 is 0 Å². The van der Waals surface area contributed by atoms with E-state index < -0.39 is 0 Å². The van der Waals surface area contributed by atoms with Crippen molar-refractivity contribution in [2.45, 2.75) is 20.4 Å². The molecule has 0 radical (unpaired) electrons. The lowest BCUT2D eigenvalue weighted by Gasteiger charge is -2.29. The number of nitrogens with one attached hydrogen (secondary N) is 3. The Kier molecular flexibility index (Phi) is 8.41. The summed E-state index contributed by atoms with van der Waals surface area (Å²) in [6.07, 6.45) is 1.71. The second-order valence-corrected chi connectivity index (χ2v) is 7.90. The number of rotatable bonds is 9. The van der Waals surface area contributed by atoms with Crippen molar-refractivity contribution >= 4 is 17.8 Å². The molecule has 1 heterocycles. The highest BCUT2D eigenvalue weighted by atomic mass is 16.2. The van der Waals surface area contributed by atoms with Gasteiger partial charge >= 0.3 is 0 Å². The Labute approximate surface area is 180 Å². The van der Waals surface area contributed by atoms with E-state index in [0.29, 0.717) is 6.54 Å². The Morgan fingerprint density at radius 2 is 1.60 bits per heavy atom. The molecule has 6 heteroatoms. The molecule has 1 saturated heterocycles. The van der Waals surface area contributed by atoms with E-state index in [4.69, 9.17) is 0 Å². The summed E-state index contributed by atoms with van der Waals surface area (Å²) in [6, 6.07) is 18.9. The van der Waals surface area contributed by atoms with Crippen molar-refractivity contribution in [1.29, 1.82) is 0 Å². The molecule has 1 aliphatic rings. The summed E-state index contributed by atoms with van der Waals surface area (Å²) in [7, 11) is 0. The van der Waals surface area contributed by atoms with Gasteiger partial charge in [-0.25, -0.2) is 5.43 Å². The van der Waals surface area contributed by atoms with E-state index in [1.54, 1.807) is 11.1 Å². The molecule has 160 valence electrons. The zero-order valence-corrected chi connectivity index (χ0v) is 18.2. The summed E-state index contributed by atoms with van der Waals surface area (Å²) < 4.78 is 0. The van der Waals surface area contributed by atoms with E-state index >= 15 is 0 Å². The molecule has 0 unspecified atom stereocenters. The third kappa shape index (κ3) is 6.68. The molecule has 30 heavy (non-hydrogen) atoms. The van der Waals surface area contributed by atoms with Gasteiger partial charge in [0.25, 0.3) is 5.91 Å². The molecule has 0 saturated carbocycles. The van der Waals surface area contributed by atoms with Crippen LogP contribution in [0.4, 0.5) is 5.69 Å². The minimum Gasteiger partial charge on any atom is -0.372 e. The van der Waals surface area contributed by atoms with Crippen molar-refractivity contribution in [1.82, 2.24) is 5.43 Å². The molecule has 0 aromatic heterocycles. The Hall–Kier alpha value is -2.70. The molecule has 3 N–H and O–H groups in total. The van der Waals surface area contributed by atoms with Gasteiger partial charge in [0.1, 0.15) is 32.7 Å². The lowest BCUT2D eigenvalue weighted by Crippen LogP contribution is -3.28. The molecular weight excluding hydrogens is 374 g/mol. The SMILES string of the molecule is CCN(CC)c1ccc(/C=N\NC(=O)C[NH+]2CC[NH+](Cc3ccccc3)CC2)cc1. The Morgan fingerprint density at radius 1 is 0.967 bits per heavy atom. The van der Waals surface area contributed by atoms with E-state index in [1.807, 2.05) is 12.1 Å². The van der Waals surface area contributed by atoms with Gasteiger partial charge in [-0.15, -0.1) is 0 Å². The first kappa shape index (κ1) is 22.0. The van der Waals surface area contributed by atoms with Crippen molar-refractivity contribution in [3.05, 3.63) is 65.7 Å². The van der Waals surface area contributed by atoms with Crippen LogP contribution in [0, 0.1) is 0 Å². The molecule has 0 aliphatic carbocycles. The van der Waals surface area contributed by atoms with Crippen LogP contribution < -0.4 is 20.1 Å². The van der Waals surface area contributed by atoms with Gasteiger partial charge in [-0.2, -0.15) is 5.10 Å². The highest BCUT2D eigenvalue weighted by Gasteiger charge is 2.24. The number of hydrazone groups is 1. The Balaban J connectivity index is 1.38. The first-order chi connectivity index (χ1) is 14.7. The Bertz CT molecular complexity index is 794. The van der Waals surface area contributed by atoms with Crippen molar-refractivity contribution in [3.8, 4) is 0 Å². The van der Waals surface area contributed by atoms with Crippen molar-refractivity contribution < 1.29 is 14.6 Å². The first-order valence-electron chi connectivity index (χ1n) is 11.1. The number of carbonyl (C=O) groups excluding carboxylic acids is 1. The highest BCUT2D eigenvalue weighted by Crippen LogP contribution is 2.13. The first-order valence-corrected chi connectivity index (χ1v) is 11.1. The number of benzene rings is 2. The van der Waals surface area contributed by atoms with Gasteiger partial charge in [-0.05, 0) is 31.5 Å². The van der Waals surface area contributed by atoms with E-state index in [-0.39, 0.29) is 5.91 Å². The van der Waals surface area contributed by atoms with Gasteiger partial charge in [0.05, 0.1) is 6.21 Å². The van der Waals surface area contributed by atoms with Gasteiger partial charge in [0, 0.05) is 24.3 Å². The fraction of sp³-hybridized carbons (Fsp3) is 0.417. The van der Waals surface area contributed by atoms with Crippen LogP contribution in [-0.4, -0.2) is 57.9 Å². The van der Waals surface area contributed by atoms with Crippen LogP contribution in [0.25, 0.3) is 0 Å². The predicted octanol–water partition coefficient (Wildman–Crippen LogP) is -0.0335. The molecule has 0 bridgehead atoms. The number of hydrogen-bond acceptors (Lipinski definition) is 3. The lowest BCUT2D eigenvalue weighted by atomic mass is 10.2. The smallest absolute Gasteiger partial charge is 0.295 e. The number of hydrogen-bond donors (Lipinski definition) is 3. The zero-order valence-electron chi connectivity index (χ0n) is 18.2. The summed E-state index contributed by atoms with van der Waals surface area (Å²) in [4.78, 5) is 17.5.